The number of ether oxygens (including phenoxy) is 3. The maximum absolute atomic E-state index is 13.1. The Bertz CT molecular complexity index is 1290. The molecular weight excluding hydrogens is 510 g/mol. The zero-order valence-corrected chi connectivity index (χ0v) is 24.3. The van der Waals surface area contributed by atoms with E-state index in [9.17, 15) is 4.79 Å². The van der Waals surface area contributed by atoms with Gasteiger partial charge in [-0.3, -0.25) is 4.79 Å². The predicted molar refractivity (Wildman–Crippen MR) is 166 cm³/mol. The maximum Gasteiger partial charge on any atom is 0.223 e. The van der Waals surface area contributed by atoms with Crippen LogP contribution in [-0.2, 0) is 15.1 Å². The van der Waals surface area contributed by atoms with E-state index in [2.05, 4.69) is 67.8 Å². The monoisotopic (exact) mass is 551 g/mol. The van der Waals surface area contributed by atoms with Crippen molar-refractivity contribution in [1.29, 1.82) is 0 Å². The second-order valence-corrected chi connectivity index (χ2v) is 10.4. The van der Waals surface area contributed by atoms with E-state index in [1.165, 1.54) is 0 Å². The summed E-state index contributed by atoms with van der Waals surface area (Å²) in [7, 11) is 3.26. The van der Waals surface area contributed by atoms with E-state index in [-0.39, 0.29) is 11.8 Å². The second-order valence-electron chi connectivity index (χ2n) is 10.4. The Morgan fingerprint density at radius 3 is 2.29 bits per heavy atom. The van der Waals surface area contributed by atoms with Gasteiger partial charge in [0.1, 0.15) is 17.1 Å². The Kier molecular flexibility index (Phi) is 10.6. The highest BCUT2D eigenvalue weighted by molar-refractivity contribution is 5.82. The topological polar surface area (TPSA) is 48.0 Å². The lowest BCUT2D eigenvalue weighted by atomic mass is 9.81. The predicted octanol–water partition coefficient (Wildman–Crippen LogP) is 7.44. The average molecular weight is 552 g/mol. The highest BCUT2D eigenvalue weighted by Gasteiger charge is 2.38. The van der Waals surface area contributed by atoms with E-state index in [0.29, 0.717) is 31.9 Å². The summed E-state index contributed by atoms with van der Waals surface area (Å²) in [4.78, 5) is 15.0. The Balaban J connectivity index is 1.51. The molecule has 3 aromatic rings. The molecule has 41 heavy (non-hydrogen) atoms. The Hall–Kier alpha value is -4.09. The minimum absolute atomic E-state index is 0.0787. The SMILES string of the molecule is C=C/C=C\CCCC(OCC1CC(=O)N(CC(=C)c2cc(OC)ccc2OC)C1)(c1ccccc1)c1ccccc1. The summed E-state index contributed by atoms with van der Waals surface area (Å²) in [5.74, 6) is 1.62. The van der Waals surface area contributed by atoms with E-state index in [0.717, 1.165) is 47.3 Å². The lowest BCUT2D eigenvalue weighted by molar-refractivity contribution is -0.127. The molecule has 214 valence electrons. The van der Waals surface area contributed by atoms with Gasteiger partial charge in [0.2, 0.25) is 5.91 Å². The third-order valence-electron chi connectivity index (χ3n) is 7.68. The van der Waals surface area contributed by atoms with Gasteiger partial charge in [0.15, 0.2) is 0 Å². The average Bonchev–Trinajstić information content (AvgIpc) is 3.37. The molecule has 0 N–H and O–H groups in total. The molecule has 1 unspecified atom stereocenters. The molecule has 0 saturated carbocycles. The van der Waals surface area contributed by atoms with Crippen molar-refractivity contribution in [2.75, 3.05) is 33.9 Å². The lowest BCUT2D eigenvalue weighted by Gasteiger charge is -2.36. The van der Waals surface area contributed by atoms with Gasteiger partial charge in [0, 0.05) is 31.0 Å². The van der Waals surface area contributed by atoms with Crippen molar-refractivity contribution in [3.8, 4) is 11.5 Å². The molecule has 5 heteroatoms. The summed E-state index contributed by atoms with van der Waals surface area (Å²) in [6.45, 7) is 9.58. The normalized spacial score (nSPS) is 15.3. The van der Waals surface area contributed by atoms with Crippen LogP contribution in [0.15, 0.2) is 110 Å². The third-order valence-corrected chi connectivity index (χ3v) is 7.68. The fraction of sp³-hybridized carbons (Fsp3) is 0.306. The van der Waals surface area contributed by atoms with Crippen LogP contribution < -0.4 is 9.47 Å². The summed E-state index contributed by atoms with van der Waals surface area (Å²) in [5.41, 5.74) is 3.29. The number of carbonyl (C=O) groups is 1. The fourth-order valence-electron chi connectivity index (χ4n) is 5.55. The zero-order valence-electron chi connectivity index (χ0n) is 24.3. The number of methoxy groups -OCH3 is 2. The highest BCUT2D eigenvalue weighted by Crippen LogP contribution is 2.40. The van der Waals surface area contributed by atoms with Gasteiger partial charge in [-0.05, 0) is 54.2 Å². The van der Waals surface area contributed by atoms with Gasteiger partial charge >= 0.3 is 0 Å². The molecule has 1 saturated heterocycles. The van der Waals surface area contributed by atoms with Gasteiger partial charge in [-0.15, -0.1) is 0 Å². The molecule has 3 aromatic carbocycles. The van der Waals surface area contributed by atoms with Crippen molar-refractivity contribution < 1.29 is 19.0 Å². The van der Waals surface area contributed by atoms with Crippen molar-refractivity contribution in [1.82, 2.24) is 4.90 Å². The van der Waals surface area contributed by atoms with Gasteiger partial charge in [-0.2, -0.15) is 0 Å². The van der Waals surface area contributed by atoms with Crippen molar-refractivity contribution in [2.45, 2.75) is 31.3 Å². The first kappa shape index (κ1) is 29.9. The van der Waals surface area contributed by atoms with Gasteiger partial charge in [0.25, 0.3) is 0 Å². The van der Waals surface area contributed by atoms with E-state index < -0.39 is 5.60 Å². The number of carbonyl (C=O) groups excluding carboxylic acids is 1. The number of hydrogen-bond donors (Lipinski definition) is 0. The van der Waals surface area contributed by atoms with Gasteiger partial charge in [0.05, 0.1) is 20.8 Å². The molecule has 0 aliphatic carbocycles. The molecule has 0 bridgehead atoms. The Morgan fingerprint density at radius 2 is 1.68 bits per heavy atom. The number of likely N-dealkylation sites (tertiary alicyclic amines) is 1. The summed E-state index contributed by atoms with van der Waals surface area (Å²) in [6.07, 6.45) is 9.09. The number of rotatable bonds is 15. The third kappa shape index (κ3) is 7.36. The maximum atomic E-state index is 13.1. The highest BCUT2D eigenvalue weighted by atomic mass is 16.5. The van der Waals surface area contributed by atoms with Crippen molar-refractivity contribution in [3.63, 3.8) is 0 Å². The standard InChI is InChI=1S/C36H41NO4/c1-5-6-7-8-15-22-36(30-16-11-9-12-17-30,31-18-13-10-14-19-31)41-27-29-23-35(38)37(26-29)25-28(2)33-24-32(39-3)20-21-34(33)40-4/h5-7,9-14,16-21,24,29H,1-2,8,15,22-23,25-27H2,3-4H3/b7-6-. The number of nitrogens with zero attached hydrogens (tertiary/aromatic N) is 1. The van der Waals surface area contributed by atoms with Crippen LogP contribution in [0.4, 0.5) is 0 Å². The molecule has 0 radical (unpaired) electrons. The summed E-state index contributed by atoms with van der Waals surface area (Å²) >= 11 is 0. The molecular formula is C36H41NO4. The summed E-state index contributed by atoms with van der Waals surface area (Å²) in [5, 5.41) is 0. The van der Waals surface area contributed by atoms with Crippen LogP contribution in [-0.4, -0.2) is 44.7 Å². The summed E-state index contributed by atoms with van der Waals surface area (Å²) < 4.78 is 17.9. The van der Waals surface area contributed by atoms with Crippen LogP contribution in [0.1, 0.15) is 42.4 Å². The second kappa shape index (κ2) is 14.5. The van der Waals surface area contributed by atoms with Crippen LogP contribution >= 0.6 is 0 Å². The largest absolute Gasteiger partial charge is 0.497 e. The van der Waals surface area contributed by atoms with Crippen LogP contribution in [0.2, 0.25) is 0 Å². The van der Waals surface area contributed by atoms with Gasteiger partial charge < -0.3 is 19.1 Å². The van der Waals surface area contributed by atoms with Crippen molar-refractivity contribution >= 4 is 11.5 Å². The van der Waals surface area contributed by atoms with Crippen molar-refractivity contribution in [3.05, 3.63) is 127 Å². The lowest BCUT2D eigenvalue weighted by Crippen LogP contribution is -2.34. The molecule has 0 aromatic heterocycles. The molecule has 1 aliphatic rings. The summed E-state index contributed by atoms with van der Waals surface area (Å²) in [6, 6.07) is 26.5. The minimum atomic E-state index is -0.613. The number of allylic oxidation sites excluding steroid dienone is 3. The molecule has 4 rings (SSSR count). The Labute approximate surface area is 244 Å². The quantitative estimate of drug-likeness (QED) is 0.146. The molecule has 5 nitrogen and oxygen atoms in total. The molecule has 0 spiro atoms. The van der Waals surface area contributed by atoms with E-state index in [4.69, 9.17) is 14.2 Å². The van der Waals surface area contributed by atoms with Crippen LogP contribution in [0.25, 0.3) is 5.57 Å². The fourth-order valence-corrected chi connectivity index (χ4v) is 5.55. The zero-order chi connectivity index (χ0) is 29.1. The minimum Gasteiger partial charge on any atom is -0.497 e. The van der Waals surface area contributed by atoms with Crippen molar-refractivity contribution in [2.24, 2.45) is 5.92 Å². The van der Waals surface area contributed by atoms with Gasteiger partial charge in [-0.1, -0.05) is 92.0 Å². The number of unbranched alkanes of at least 4 members (excludes halogenated alkanes) is 1. The number of amides is 1. The smallest absolute Gasteiger partial charge is 0.223 e. The number of benzene rings is 3. The van der Waals surface area contributed by atoms with Gasteiger partial charge in [-0.25, -0.2) is 0 Å². The molecule has 1 amide bonds. The van der Waals surface area contributed by atoms with E-state index >= 15 is 0 Å². The first-order valence-electron chi connectivity index (χ1n) is 14.2. The molecule has 1 atom stereocenters. The first-order valence-corrected chi connectivity index (χ1v) is 14.2. The molecule has 1 heterocycles. The first-order chi connectivity index (χ1) is 20.0. The van der Waals surface area contributed by atoms with E-state index in [1.807, 2.05) is 41.3 Å². The number of hydrogen-bond acceptors (Lipinski definition) is 4. The Morgan fingerprint density at radius 1 is 1.00 bits per heavy atom. The van der Waals surface area contributed by atoms with E-state index in [1.54, 1.807) is 20.3 Å². The van der Waals surface area contributed by atoms with Crippen LogP contribution in [0.5, 0.6) is 11.5 Å². The van der Waals surface area contributed by atoms with Crippen LogP contribution in [0, 0.1) is 5.92 Å². The molecule has 1 aliphatic heterocycles. The molecule has 1 fully saturated rings. The van der Waals surface area contributed by atoms with Crippen LogP contribution in [0.3, 0.4) is 0 Å².